The zero-order chi connectivity index (χ0) is 16.8. The van der Waals surface area contributed by atoms with E-state index >= 15 is 0 Å². The molecule has 0 fully saturated rings. The van der Waals surface area contributed by atoms with Crippen molar-refractivity contribution in [3.05, 3.63) is 41.0 Å². The van der Waals surface area contributed by atoms with Gasteiger partial charge in [-0.05, 0) is 55.2 Å². The van der Waals surface area contributed by atoms with Crippen LogP contribution < -0.4 is 10.2 Å². The molecule has 0 bridgehead atoms. The molecule has 0 spiro atoms. The Morgan fingerprint density at radius 1 is 1.17 bits per heavy atom. The van der Waals surface area contributed by atoms with E-state index in [2.05, 4.69) is 12.4 Å². The second-order valence-electron chi connectivity index (χ2n) is 5.21. The van der Waals surface area contributed by atoms with Crippen LogP contribution in [0.15, 0.2) is 24.3 Å². The van der Waals surface area contributed by atoms with Gasteiger partial charge < -0.3 is 4.74 Å². The number of carbonyl (C=O) groups excluding carboxylic acids is 2. The van der Waals surface area contributed by atoms with Crippen LogP contribution in [0.25, 0.3) is 11.1 Å². The summed E-state index contributed by atoms with van der Waals surface area (Å²) in [5, 5.41) is 0. The lowest BCUT2D eigenvalue weighted by Gasteiger charge is -2.01. The monoisotopic (exact) mass is 315 g/mol. The number of rotatable bonds is 7. The highest BCUT2D eigenvalue weighted by molar-refractivity contribution is 5.94. The first-order valence-electron chi connectivity index (χ1n) is 7.71. The highest BCUT2D eigenvalue weighted by Gasteiger charge is 2.21. The average Bonchev–Trinajstić information content (AvgIpc) is 2.71. The maximum absolute atomic E-state index is 12.0. The Hall–Kier alpha value is -2.40. The Balaban J connectivity index is 2.52. The zero-order valence-electron chi connectivity index (χ0n) is 13.6. The van der Waals surface area contributed by atoms with E-state index in [0.717, 1.165) is 35.1 Å². The second-order valence-corrected chi connectivity index (χ2v) is 5.21. The molecular weight excluding hydrogens is 294 g/mol. The molecule has 0 radical (unpaired) electrons. The van der Waals surface area contributed by atoms with Crippen LogP contribution in [-0.2, 0) is 16.1 Å². The predicted molar refractivity (Wildman–Crippen MR) is 87.6 cm³/mol. The molecule has 2 aliphatic carbocycles. The summed E-state index contributed by atoms with van der Waals surface area (Å²) >= 11 is 0. The summed E-state index contributed by atoms with van der Waals surface area (Å²) in [6.45, 7) is 6.68. The van der Waals surface area contributed by atoms with Crippen molar-refractivity contribution in [2.75, 3.05) is 6.61 Å². The van der Waals surface area contributed by atoms with Gasteiger partial charge in [-0.3, -0.25) is 14.4 Å². The third-order valence-corrected chi connectivity index (χ3v) is 3.75. The largest absolute Gasteiger partial charge is 0.428 e. The molecule has 0 aliphatic heterocycles. The van der Waals surface area contributed by atoms with Gasteiger partial charge in [0.05, 0.1) is 6.61 Å². The summed E-state index contributed by atoms with van der Waals surface area (Å²) in [4.78, 5) is 27.7. The molecule has 0 aromatic heterocycles. The molecule has 1 amide bonds. The normalized spacial score (nSPS) is 10.6. The molecule has 0 atom stereocenters. The van der Waals surface area contributed by atoms with Gasteiger partial charge in [-0.1, -0.05) is 19.4 Å². The molecule has 23 heavy (non-hydrogen) atoms. The van der Waals surface area contributed by atoms with Crippen LogP contribution in [0.5, 0.6) is 5.75 Å². The molecule has 0 saturated carbocycles. The Bertz CT molecular complexity index is 681. The van der Waals surface area contributed by atoms with E-state index in [-0.39, 0.29) is 5.91 Å². The van der Waals surface area contributed by atoms with Gasteiger partial charge in [-0.25, -0.2) is 5.48 Å². The van der Waals surface area contributed by atoms with Crippen LogP contribution in [0.4, 0.5) is 0 Å². The summed E-state index contributed by atoms with van der Waals surface area (Å²) in [5.74, 6) is 0.252. The molecule has 1 N–H and O–H groups in total. The van der Waals surface area contributed by atoms with Crippen LogP contribution in [-0.4, -0.2) is 19.0 Å². The molecular formula is C18H21NO4. The Morgan fingerprint density at radius 3 is 2.48 bits per heavy atom. The van der Waals surface area contributed by atoms with Crippen LogP contribution in [0.3, 0.4) is 0 Å². The van der Waals surface area contributed by atoms with Crippen LogP contribution in [0.2, 0.25) is 0 Å². The zero-order valence-corrected chi connectivity index (χ0v) is 13.6. The smallest absolute Gasteiger partial charge is 0.298 e. The summed E-state index contributed by atoms with van der Waals surface area (Å²) in [7, 11) is 0. The molecule has 0 saturated heterocycles. The quantitative estimate of drug-likeness (QED) is 0.629. The highest BCUT2D eigenvalue weighted by atomic mass is 16.6. The van der Waals surface area contributed by atoms with Gasteiger partial charge in [0.1, 0.15) is 5.75 Å². The van der Waals surface area contributed by atoms with E-state index < -0.39 is 0 Å². The molecule has 2 aliphatic rings. The fourth-order valence-corrected chi connectivity index (χ4v) is 2.70. The second kappa shape index (κ2) is 7.74. The lowest BCUT2D eigenvalue weighted by Crippen LogP contribution is -2.23. The van der Waals surface area contributed by atoms with E-state index in [4.69, 9.17) is 9.57 Å². The van der Waals surface area contributed by atoms with Gasteiger partial charge in [-0.2, -0.15) is 0 Å². The highest BCUT2D eigenvalue weighted by Crippen LogP contribution is 2.42. The fraction of sp³-hybridized carbons (Fsp3) is 0.333. The van der Waals surface area contributed by atoms with Crippen molar-refractivity contribution < 1.29 is 19.2 Å². The average molecular weight is 315 g/mol. The van der Waals surface area contributed by atoms with Gasteiger partial charge in [-0.15, -0.1) is 0 Å². The molecule has 0 aromatic carbocycles. The molecule has 0 heterocycles. The lowest BCUT2D eigenvalue weighted by molar-refractivity contribution is -0.120. The number of hydrogen-bond donors (Lipinski definition) is 1. The van der Waals surface area contributed by atoms with E-state index in [0.29, 0.717) is 24.4 Å². The first-order valence-corrected chi connectivity index (χ1v) is 7.71. The SMILES string of the molecule is CCCc1c2ccc(C(=O)NOCC)ccc-2c(OC=O)c1C. The summed E-state index contributed by atoms with van der Waals surface area (Å²) in [6.07, 6.45) is 1.87. The van der Waals surface area contributed by atoms with Gasteiger partial charge in [0.2, 0.25) is 0 Å². The summed E-state index contributed by atoms with van der Waals surface area (Å²) in [5.41, 5.74) is 6.79. The van der Waals surface area contributed by atoms with Crippen molar-refractivity contribution >= 4 is 12.4 Å². The molecule has 0 aromatic rings. The van der Waals surface area contributed by atoms with E-state index in [9.17, 15) is 9.59 Å². The van der Waals surface area contributed by atoms with Crippen molar-refractivity contribution in [3.8, 4) is 16.9 Å². The van der Waals surface area contributed by atoms with E-state index in [1.165, 1.54) is 0 Å². The minimum atomic E-state index is -0.309. The maximum atomic E-state index is 12.0. The van der Waals surface area contributed by atoms with Gasteiger partial charge in [0.25, 0.3) is 12.4 Å². The predicted octanol–water partition coefficient (Wildman–Crippen LogP) is 3.27. The number of hydroxylamine groups is 1. The lowest BCUT2D eigenvalue weighted by atomic mass is 10.0. The number of ether oxygens (including phenoxy) is 1. The Kier molecular flexibility index (Phi) is 5.71. The Labute approximate surface area is 135 Å². The van der Waals surface area contributed by atoms with Gasteiger partial charge in [0.15, 0.2) is 0 Å². The minimum Gasteiger partial charge on any atom is -0.428 e. The number of amides is 1. The van der Waals surface area contributed by atoms with Crippen molar-refractivity contribution in [3.63, 3.8) is 0 Å². The van der Waals surface area contributed by atoms with Crippen LogP contribution >= 0.6 is 0 Å². The van der Waals surface area contributed by atoms with Crippen molar-refractivity contribution in [2.45, 2.75) is 33.6 Å². The molecule has 5 heteroatoms. The van der Waals surface area contributed by atoms with Crippen LogP contribution in [0.1, 0.15) is 41.8 Å². The van der Waals surface area contributed by atoms with Gasteiger partial charge >= 0.3 is 0 Å². The summed E-state index contributed by atoms with van der Waals surface area (Å²) < 4.78 is 5.18. The first-order chi connectivity index (χ1) is 11.1. The van der Waals surface area contributed by atoms with E-state index in [1.807, 2.05) is 13.0 Å². The minimum absolute atomic E-state index is 0.309. The number of hydrogen-bond acceptors (Lipinski definition) is 4. The third kappa shape index (κ3) is 3.51. The molecule has 122 valence electrons. The van der Waals surface area contributed by atoms with Crippen molar-refractivity contribution in [1.82, 2.24) is 5.48 Å². The third-order valence-electron chi connectivity index (χ3n) is 3.75. The molecule has 2 rings (SSSR count). The Morgan fingerprint density at radius 2 is 1.87 bits per heavy atom. The van der Waals surface area contributed by atoms with Crippen molar-refractivity contribution in [1.29, 1.82) is 0 Å². The maximum Gasteiger partial charge on any atom is 0.298 e. The van der Waals surface area contributed by atoms with E-state index in [1.54, 1.807) is 25.1 Å². The number of carbonyl (C=O) groups is 2. The standard InChI is InChI=1S/C18H21NO4/c1-4-6-14-12(3)17(22-11-20)16-10-8-13(7-9-15(14)16)18(21)19-23-5-2/h7-11H,4-6H2,1-3H3,(H,19,21). The van der Waals surface area contributed by atoms with Crippen molar-refractivity contribution in [2.24, 2.45) is 0 Å². The number of nitrogens with one attached hydrogen (secondary N) is 1. The topological polar surface area (TPSA) is 64.6 Å². The van der Waals surface area contributed by atoms with Crippen LogP contribution in [0, 0.1) is 6.92 Å². The van der Waals surface area contributed by atoms with Gasteiger partial charge in [0, 0.05) is 11.1 Å². The first kappa shape index (κ1) is 17.0. The molecule has 5 nitrogen and oxygen atoms in total. The molecule has 0 unspecified atom stereocenters. The summed E-state index contributed by atoms with van der Waals surface area (Å²) in [6, 6.07) is 7.15. The fourth-order valence-electron chi connectivity index (χ4n) is 2.70. The number of fused-ring (bicyclic) bond motifs is 1.